The SMILES string of the molecule is CCN(C)C(=O)N1CCN(CC#N)CC1. The molecule has 0 atom stereocenters. The molecule has 1 rings (SSSR count). The summed E-state index contributed by atoms with van der Waals surface area (Å²) in [5.74, 6) is 0. The molecule has 0 radical (unpaired) electrons. The molecule has 1 aliphatic heterocycles. The highest BCUT2D eigenvalue weighted by molar-refractivity contribution is 5.74. The number of hydrogen-bond donors (Lipinski definition) is 0. The number of amides is 2. The average molecular weight is 210 g/mol. The van der Waals surface area contributed by atoms with Crippen molar-refractivity contribution in [2.45, 2.75) is 6.92 Å². The number of carbonyl (C=O) groups excluding carboxylic acids is 1. The lowest BCUT2D eigenvalue weighted by Gasteiger charge is -2.35. The number of hydrogen-bond acceptors (Lipinski definition) is 3. The maximum Gasteiger partial charge on any atom is 0.319 e. The van der Waals surface area contributed by atoms with Crippen LogP contribution in [0.25, 0.3) is 0 Å². The summed E-state index contributed by atoms with van der Waals surface area (Å²) in [6.07, 6.45) is 0. The van der Waals surface area contributed by atoms with Crippen molar-refractivity contribution in [1.82, 2.24) is 14.7 Å². The minimum atomic E-state index is 0.0918. The fourth-order valence-electron chi connectivity index (χ4n) is 1.57. The number of urea groups is 1. The van der Waals surface area contributed by atoms with Gasteiger partial charge in [0.15, 0.2) is 0 Å². The first-order valence-electron chi connectivity index (χ1n) is 5.28. The summed E-state index contributed by atoms with van der Waals surface area (Å²) in [5, 5.41) is 8.54. The van der Waals surface area contributed by atoms with Gasteiger partial charge in [-0.2, -0.15) is 5.26 Å². The third-order valence-corrected chi connectivity index (χ3v) is 2.74. The molecule has 0 saturated carbocycles. The van der Waals surface area contributed by atoms with Crippen LogP contribution in [0.15, 0.2) is 0 Å². The van der Waals surface area contributed by atoms with E-state index >= 15 is 0 Å². The van der Waals surface area contributed by atoms with Gasteiger partial charge in [-0.15, -0.1) is 0 Å². The van der Waals surface area contributed by atoms with E-state index in [0.717, 1.165) is 32.7 Å². The van der Waals surface area contributed by atoms with Gasteiger partial charge in [0.25, 0.3) is 0 Å². The molecule has 5 heteroatoms. The highest BCUT2D eigenvalue weighted by Gasteiger charge is 2.22. The van der Waals surface area contributed by atoms with Gasteiger partial charge in [-0.05, 0) is 6.92 Å². The second-order valence-corrected chi connectivity index (χ2v) is 3.72. The summed E-state index contributed by atoms with van der Waals surface area (Å²) >= 11 is 0. The monoisotopic (exact) mass is 210 g/mol. The Hall–Kier alpha value is -1.28. The molecule has 0 N–H and O–H groups in total. The predicted molar refractivity (Wildman–Crippen MR) is 57.3 cm³/mol. The first kappa shape index (κ1) is 11.8. The van der Waals surface area contributed by atoms with E-state index in [-0.39, 0.29) is 6.03 Å². The van der Waals surface area contributed by atoms with Gasteiger partial charge >= 0.3 is 6.03 Å². The minimum Gasteiger partial charge on any atom is -0.328 e. The Bertz CT molecular complexity index is 253. The molecule has 15 heavy (non-hydrogen) atoms. The lowest BCUT2D eigenvalue weighted by molar-refractivity contribution is 0.125. The number of rotatable bonds is 2. The molecule has 0 aromatic carbocycles. The van der Waals surface area contributed by atoms with Crippen molar-refractivity contribution in [3.05, 3.63) is 0 Å². The van der Waals surface area contributed by atoms with E-state index in [1.807, 2.05) is 18.9 Å². The topological polar surface area (TPSA) is 50.6 Å². The molecule has 0 unspecified atom stereocenters. The highest BCUT2D eigenvalue weighted by Crippen LogP contribution is 2.04. The van der Waals surface area contributed by atoms with Crippen LogP contribution in [0.4, 0.5) is 4.79 Å². The van der Waals surface area contributed by atoms with E-state index in [1.165, 1.54) is 0 Å². The van der Waals surface area contributed by atoms with Crippen LogP contribution in [0, 0.1) is 11.3 Å². The normalized spacial score (nSPS) is 17.3. The standard InChI is InChI=1S/C10H18N4O/c1-3-12(2)10(15)14-8-6-13(5-4-11)7-9-14/h3,5-9H2,1-2H3. The zero-order valence-electron chi connectivity index (χ0n) is 9.44. The molecular weight excluding hydrogens is 192 g/mol. The Morgan fingerprint density at radius 2 is 2.00 bits per heavy atom. The molecule has 0 aromatic rings. The Labute approximate surface area is 90.9 Å². The van der Waals surface area contributed by atoms with Crippen LogP contribution < -0.4 is 0 Å². The van der Waals surface area contributed by atoms with Crippen LogP contribution in [-0.4, -0.2) is 67.0 Å². The first-order valence-corrected chi connectivity index (χ1v) is 5.28. The molecule has 1 fully saturated rings. The van der Waals surface area contributed by atoms with Crippen molar-refractivity contribution in [3.63, 3.8) is 0 Å². The molecule has 0 aliphatic carbocycles. The number of piperazine rings is 1. The van der Waals surface area contributed by atoms with E-state index < -0.39 is 0 Å². The number of carbonyl (C=O) groups is 1. The molecule has 0 bridgehead atoms. The molecule has 0 spiro atoms. The molecule has 1 aliphatic rings. The Kier molecular flexibility index (Phi) is 4.37. The Balaban J connectivity index is 2.37. The summed E-state index contributed by atoms with van der Waals surface area (Å²) in [6, 6.07) is 2.22. The second-order valence-electron chi connectivity index (χ2n) is 3.72. The quantitative estimate of drug-likeness (QED) is 0.612. The fourth-order valence-corrected chi connectivity index (χ4v) is 1.57. The third kappa shape index (κ3) is 3.10. The van der Waals surface area contributed by atoms with E-state index in [2.05, 4.69) is 11.0 Å². The molecule has 5 nitrogen and oxygen atoms in total. The molecule has 0 aromatic heterocycles. The molecule has 84 valence electrons. The summed E-state index contributed by atoms with van der Waals surface area (Å²) in [7, 11) is 1.81. The maximum atomic E-state index is 11.8. The van der Waals surface area contributed by atoms with E-state index in [1.54, 1.807) is 4.90 Å². The van der Waals surface area contributed by atoms with Crippen LogP contribution in [0.2, 0.25) is 0 Å². The second kappa shape index (κ2) is 5.56. The predicted octanol–water partition coefficient (Wildman–Crippen LogP) is 0.199. The first-order chi connectivity index (χ1) is 7.19. The lowest BCUT2D eigenvalue weighted by atomic mass is 10.3. The minimum absolute atomic E-state index is 0.0918. The van der Waals surface area contributed by atoms with Gasteiger partial charge in [0.2, 0.25) is 0 Å². The number of nitrogens with zero attached hydrogens (tertiary/aromatic N) is 4. The van der Waals surface area contributed by atoms with Crippen LogP contribution in [0.3, 0.4) is 0 Å². The summed E-state index contributed by atoms with van der Waals surface area (Å²) in [6.45, 7) is 6.22. The Morgan fingerprint density at radius 1 is 1.40 bits per heavy atom. The lowest BCUT2D eigenvalue weighted by Crippen LogP contribution is -2.52. The van der Waals surface area contributed by atoms with Crippen molar-refractivity contribution in [2.75, 3.05) is 46.3 Å². The molecular formula is C10H18N4O. The van der Waals surface area contributed by atoms with Crippen LogP contribution in [0.1, 0.15) is 6.92 Å². The zero-order chi connectivity index (χ0) is 11.3. The molecule has 1 saturated heterocycles. The Morgan fingerprint density at radius 3 is 2.47 bits per heavy atom. The van der Waals surface area contributed by atoms with Gasteiger partial charge in [-0.1, -0.05) is 0 Å². The van der Waals surface area contributed by atoms with Crippen LogP contribution in [-0.2, 0) is 0 Å². The van der Waals surface area contributed by atoms with E-state index in [9.17, 15) is 4.79 Å². The highest BCUT2D eigenvalue weighted by atomic mass is 16.2. The van der Waals surface area contributed by atoms with Crippen molar-refractivity contribution < 1.29 is 4.79 Å². The average Bonchev–Trinajstić information content (AvgIpc) is 2.28. The summed E-state index contributed by atoms with van der Waals surface area (Å²) in [4.78, 5) is 17.4. The molecule has 2 amide bonds. The fraction of sp³-hybridized carbons (Fsp3) is 0.800. The van der Waals surface area contributed by atoms with Crippen LogP contribution in [0.5, 0.6) is 0 Å². The summed E-state index contributed by atoms with van der Waals surface area (Å²) in [5.41, 5.74) is 0. The summed E-state index contributed by atoms with van der Waals surface area (Å²) < 4.78 is 0. The number of nitriles is 1. The zero-order valence-corrected chi connectivity index (χ0v) is 9.44. The van der Waals surface area contributed by atoms with Crippen molar-refractivity contribution in [2.24, 2.45) is 0 Å². The van der Waals surface area contributed by atoms with Crippen molar-refractivity contribution >= 4 is 6.03 Å². The van der Waals surface area contributed by atoms with Crippen molar-refractivity contribution in [1.29, 1.82) is 5.26 Å². The van der Waals surface area contributed by atoms with E-state index in [0.29, 0.717) is 6.54 Å². The van der Waals surface area contributed by atoms with Gasteiger partial charge in [-0.25, -0.2) is 4.79 Å². The van der Waals surface area contributed by atoms with Gasteiger partial charge in [0.1, 0.15) is 0 Å². The van der Waals surface area contributed by atoms with Crippen molar-refractivity contribution in [3.8, 4) is 6.07 Å². The van der Waals surface area contributed by atoms with E-state index in [4.69, 9.17) is 5.26 Å². The van der Waals surface area contributed by atoms with Gasteiger partial charge in [-0.3, -0.25) is 4.90 Å². The van der Waals surface area contributed by atoms with Gasteiger partial charge in [0, 0.05) is 39.8 Å². The maximum absolute atomic E-state index is 11.8. The third-order valence-electron chi connectivity index (χ3n) is 2.74. The molecule has 1 heterocycles. The van der Waals surface area contributed by atoms with Crippen LogP contribution >= 0.6 is 0 Å². The smallest absolute Gasteiger partial charge is 0.319 e. The largest absolute Gasteiger partial charge is 0.328 e. The van der Waals surface area contributed by atoms with Gasteiger partial charge in [0.05, 0.1) is 12.6 Å². The van der Waals surface area contributed by atoms with Gasteiger partial charge < -0.3 is 9.80 Å².